The second kappa shape index (κ2) is 20.0. The van der Waals surface area contributed by atoms with E-state index < -0.39 is 34.8 Å². The van der Waals surface area contributed by atoms with Gasteiger partial charge in [0, 0.05) is 17.7 Å². The first kappa shape index (κ1) is 42.4. The third kappa shape index (κ3) is 10.1. The van der Waals surface area contributed by atoms with E-state index in [0.29, 0.717) is 22.9 Å². The highest BCUT2D eigenvalue weighted by molar-refractivity contribution is 6.09. The number of H-pyrrole nitrogens is 1. The first-order valence-electron chi connectivity index (χ1n) is 19.0. The molecule has 0 aliphatic rings. The van der Waals surface area contributed by atoms with E-state index in [1.165, 1.54) is 6.20 Å². The zero-order valence-electron chi connectivity index (χ0n) is 33.0. The van der Waals surface area contributed by atoms with Gasteiger partial charge in [0.2, 0.25) is 5.95 Å². The molecule has 2 heterocycles. The number of hydrogen-bond donors (Lipinski definition) is 4. The Kier molecular flexibility index (Phi) is 14.1. The summed E-state index contributed by atoms with van der Waals surface area (Å²) >= 11 is 0. The Bertz CT molecular complexity index is 2400. The number of benzene rings is 4. The number of aromatic nitrogens is 4. The molecule has 4 aromatic carbocycles. The van der Waals surface area contributed by atoms with Crippen LogP contribution in [0, 0.1) is 5.92 Å². The van der Waals surface area contributed by atoms with Crippen molar-refractivity contribution in [2.75, 3.05) is 51.7 Å². The van der Waals surface area contributed by atoms with Crippen molar-refractivity contribution in [3.05, 3.63) is 148 Å². The van der Waals surface area contributed by atoms with Crippen LogP contribution in [0.15, 0.2) is 114 Å². The maximum absolute atomic E-state index is 13.9. The standard InChI is InChI=1S/C44H44N6O10/c1-56-34-16-10-30(11-17-34)44(29-6-4-3-5-7-29,31-12-18-35(57-2)19-13-31)60-25-24-59-42(55)36(20-21-37(52)58-23-22-51)39(53)28-8-14-32(15-9-28)46-26-33-27-47-40-38(48-33)41(54)50-43(45)49-40/h3-19,27,36,46,51H,20-26H2,1-2H3,(H3,45,47,49,50,54). The van der Waals surface area contributed by atoms with Gasteiger partial charge in [-0.1, -0.05) is 54.6 Å². The minimum atomic E-state index is -1.36. The monoisotopic (exact) mass is 816 g/mol. The number of nitrogens with zero attached hydrogens (tertiary/aromatic N) is 3. The Labute approximate surface area is 344 Å². The molecule has 6 rings (SSSR count). The molecule has 16 nitrogen and oxygen atoms in total. The Balaban J connectivity index is 1.18. The molecule has 0 aliphatic heterocycles. The average molecular weight is 817 g/mol. The van der Waals surface area contributed by atoms with Crippen LogP contribution in [0.2, 0.25) is 0 Å². The van der Waals surface area contributed by atoms with E-state index in [2.05, 4.69) is 25.3 Å². The Morgan fingerprint density at radius 3 is 2.05 bits per heavy atom. The second-order valence-electron chi connectivity index (χ2n) is 13.3. The summed E-state index contributed by atoms with van der Waals surface area (Å²) in [5.41, 5.74) is 7.69. The first-order valence-corrected chi connectivity index (χ1v) is 19.0. The summed E-state index contributed by atoms with van der Waals surface area (Å²) in [6.45, 7) is -0.707. The van der Waals surface area contributed by atoms with E-state index in [4.69, 9.17) is 34.5 Å². The predicted molar refractivity (Wildman–Crippen MR) is 220 cm³/mol. The molecule has 0 radical (unpaired) electrons. The van der Waals surface area contributed by atoms with Crippen LogP contribution in [0.1, 0.15) is 45.6 Å². The zero-order valence-corrected chi connectivity index (χ0v) is 33.0. The summed E-state index contributed by atoms with van der Waals surface area (Å²) in [4.78, 5) is 67.2. The fourth-order valence-electron chi connectivity index (χ4n) is 6.56. The highest BCUT2D eigenvalue weighted by atomic mass is 16.6. The van der Waals surface area contributed by atoms with E-state index in [9.17, 15) is 19.2 Å². The lowest BCUT2D eigenvalue weighted by molar-refractivity contribution is -0.150. The molecule has 0 saturated carbocycles. The minimum Gasteiger partial charge on any atom is -0.497 e. The number of hydrogen-bond acceptors (Lipinski definition) is 15. The van der Waals surface area contributed by atoms with Crippen LogP contribution in [-0.2, 0) is 35.9 Å². The number of nitrogens with one attached hydrogen (secondary N) is 2. The number of nitrogens with two attached hydrogens (primary N) is 1. The lowest BCUT2D eigenvalue weighted by Crippen LogP contribution is -2.35. The lowest BCUT2D eigenvalue weighted by Gasteiger charge is -2.36. The van der Waals surface area contributed by atoms with E-state index in [0.717, 1.165) is 16.7 Å². The minimum absolute atomic E-state index is 0.0409. The van der Waals surface area contributed by atoms with E-state index in [1.54, 1.807) is 38.5 Å². The molecule has 310 valence electrons. The number of ketones is 1. The largest absolute Gasteiger partial charge is 0.497 e. The molecule has 1 unspecified atom stereocenters. The summed E-state index contributed by atoms with van der Waals surface area (Å²) in [7, 11) is 3.17. The van der Waals surface area contributed by atoms with Crippen molar-refractivity contribution in [3.63, 3.8) is 0 Å². The average Bonchev–Trinajstić information content (AvgIpc) is 3.28. The van der Waals surface area contributed by atoms with Gasteiger partial charge >= 0.3 is 11.9 Å². The Morgan fingerprint density at radius 2 is 1.43 bits per heavy atom. The van der Waals surface area contributed by atoms with Crippen molar-refractivity contribution in [2.24, 2.45) is 5.92 Å². The second-order valence-corrected chi connectivity index (χ2v) is 13.3. The van der Waals surface area contributed by atoms with Gasteiger partial charge in [0.1, 0.15) is 36.2 Å². The molecule has 0 aliphatic carbocycles. The number of ether oxygens (including phenoxy) is 5. The van der Waals surface area contributed by atoms with Gasteiger partial charge in [-0.25, -0.2) is 9.97 Å². The van der Waals surface area contributed by atoms with Crippen LogP contribution < -0.4 is 26.1 Å². The highest BCUT2D eigenvalue weighted by Crippen LogP contribution is 2.41. The van der Waals surface area contributed by atoms with Crippen molar-refractivity contribution in [3.8, 4) is 11.5 Å². The van der Waals surface area contributed by atoms with Gasteiger partial charge in [-0.15, -0.1) is 0 Å². The number of aliphatic hydroxyl groups is 1. The predicted octanol–water partition coefficient (Wildman–Crippen LogP) is 4.59. The molecule has 0 bridgehead atoms. The van der Waals surface area contributed by atoms with E-state index >= 15 is 0 Å². The van der Waals surface area contributed by atoms with Crippen LogP contribution in [-0.4, -0.2) is 83.4 Å². The molecule has 6 aromatic rings. The third-order valence-corrected chi connectivity index (χ3v) is 9.54. The molecule has 0 amide bonds. The van der Waals surface area contributed by atoms with Crippen molar-refractivity contribution < 1.29 is 43.2 Å². The van der Waals surface area contributed by atoms with E-state index in [-0.39, 0.29) is 68.5 Å². The summed E-state index contributed by atoms with van der Waals surface area (Å²) in [6, 6.07) is 30.9. The zero-order chi connectivity index (χ0) is 42.5. The molecule has 0 spiro atoms. The number of methoxy groups -OCH3 is 2. The van der Waals surface area contributed by atoms with Crippen LogP contribution in [0.5, 0.6) is 11.5 Å². The van der Waals surface area contributed by atoms with Crippen LogP contribution >= 0.6 is 0 Å². The topological polar surface area (TPSA) is 227 Å². The smallest absolute Gasteiger partial charge is 0.316 e. The van der Waals surface area contributed by atoms with Gasteiger partial charge in [0.05, 0.1) is 45.9 Å². The molecular formula is C44H44N6O10. The molecule has 60 heavy (non-hydrogen) atoms. The van der Waals surface area contributed by atoms with Gasteiger partial charge in [0.25, 0.3) is 5.56 Å². The third-order valence-electron chi connectivity index (χ3n) is 9.54. The number of esters is 2. The number of Topliss-reactive ketones (excluding diaryl/α,β-unsaturated/α-hetero) is 1. The fourth-order valence-corrected chi connectivity index (χ4v) is 6.56. The number of carbonyl (C=O) groups excluding carboxylic acids is 3. The number of aromatic amines is 1. The van der Waals surface area contributed by atoms with Gasteiger partial charge < -0.3 is 39.8 Å². The summed E-state index contributed by atoms with van der Waals surface area (Å²) in [5, 5.41) is 12.2. The fraction of sp³-hybridized carbons (Fsp3) is 0.250. The molecular weight excluding hydrogens is 773 g/mol. The van der Waals surface area contributed by atoms with E-state index in [1.807, 2.05) is 78.9 Å². The number of carbonyl (C=O) groups is 3. The normalized spacial score (nSPS) is 11.7. The van der Waals surface area contributed by atoms with Crippen molar-refractivity contribution in [1.82, 2.24) is 19.9 Å². The number of aliphatic hydroxyl groups excluding tert-OH is 1. The number of anilines is 2. The number of nitrogen functional groups attached to an aromatic ring is 1. The molecule has 16 heteroatoms. The number of fused-ring (bicyclic) bond motifs is 1. The van der Waals surface area contributed by atoms with Gasteiger partial charge in [0.15, 0.2) is 16.9 Å². The molecule has 0 saturated heterocycles. The van der Waals surface area contributed by atoms with Crippen LogP contribution in [0.4, 0.5) is 11.6 Å². The summed E-state index contributed by atoms with van der Waals surface area (Å²) in [6.07, 6.45) is 0.992. The highest BCUT2D eigenvalue weighted by Gasteiger charge is 2.38. The maximum Gasteiger partial charge on any atom is 0.316 e. The van der Waals surface area contributed by atoms with Gasteiger partial charge in [-0.3, -0.25) is 24.2 Å². The van der Waals surface area contributed by atoms with Crippen molar-refractivity contribution >= 4 is 40.5 Å². The quantitative estimate of drug-likeness (QED) is 0.0272. The summed E-state index contributed by atoms with van der Waals surface area (Å²) < 4.78 is 28.3. The Hall–Kier alpha value is -7.17. The van der Waals surface area contributed by atoms with Gasteiger partial charge in [-0.05, 0) is 71.6 Å². The molecule has 1 atom stereocenters. The lowest BCUT2D eigenvalue weighted by atomic mass is 9.80. The SMILES string of the molecule is COc1ccc(C(OCCOC(=O)C(CCC(=O)OCCO)C(=O)c2ccc(NCc3cnc4nc(N)[nH]c(=O)c4n3)cc2)(c2ccccc2)c2ccc(OC)cc2)cc1. The van der Waals surface area contributed by atoms with Gasteiger partial charge in [-0.2, -0.15) is 4.98 Å². The van der Waals surface area contributed by atoms with Crippen molar-refractivity contribution in [2.45, 2.75) is 25.0 Å². The summed E-state index contributed by atoms with van der Waals surface area (Å²) in [5.74, 6) is -2.20. The Morgan fingerprint density at radius 1 is 0.800 bits per heavy atom. The first-order chi connectivity index (χ1) is 29.1. The molecule has 0 fully saturated rings. The number of rotatable bonds is 20. The molecule has 2 aromatic heterocycles. The maximum atomic E-state index is 13.9. The molecule has 5 N–H and O–H groups in total. The van der Waals surface area contributed by atoms with Crippen LogP contribution in [0.3, 0.4) is 0 Å². The van der Waals surface area contributed by atoms with Crippen molar-refractivity contribution in [1.29, 1.82) is 0 Å². The van der Waals surface area contributed by atoms with Crippen LogP contribution in [0.25, 0.3) is 11.2 Å².